The minimum atomic E-state index is 0.271. The Hall–Kier alpha value is -0.980. The summed E-state index contributed by atoms with van der Waals surface area (Å²) in [7, 11) is 0. The molecule has 0 spiro atoms. The summed E-state index contributed by atoms with van der Waals surface area (Å²) < 4.78 is 0. The largest absolute Gasteiger partial charge is 0.232 e. The van der Waals surface area contributed by atoms with Gasteiger partial charge >= 0.3 is 0 Å². The number of fused-ring (bicyclic) bond motifs is 3. The summed E-state index contributed by atoms with van der Waals surface area (Å²) in [6, 6.07) is 7.27. The Kier molecular flexibility index (Phi) is 4.51. The fourth-order valence-electron chi connectivity index (χ4n) is 5.41. The zero-order valence-electron chi connectivity index (χ0n) is 15.0. The van der Waals surface area contributed by atoms with E-state index in [1.54, 1.807) is 11.1 Å². The third-order valence-electron chi connectivity index (χ3n) is 6.67. The molecule has 1 aromatic carbocycles. The highest BCUT2D eigenvalue weighted by Gasteiger charge is 2.51. The Morgan fingerprint density at radius 2 is 2.09 bits per heavy atom. The van der Waals surface area contributed by atoms with Crippen LogP contribution in [0.3, 0.4) is 0 Å². The summed E-state index contributed by atoms with van der Waals surface area (Å²) in [5.74, 6) is 1.31. The summed E-state index contributed by atoms with van der Waals surface area (Å²) in [6.07, 6.45) is 6.37. The lowest BCUT2D eigenvalue weighted by Gasteiger charge is -2.55. The molecule has 3 rings (SSSR count). The van der Waals surface area contributed by atoms with Crippen molar-refractivity contribution in [3.05, 3.63) is 34.9 Å². The van der Waals surface area contributed by atoms with Crippen LogP contribution in [-0.2, 0) is 11.8 Å². The molecule has 0 amide bonds. The second-order valence-electron chi connectivity index (χ2n) is 8.50. The van der Waals surface area contributed by atoms with Gasteiger partial charge in [-0.25, -0.2) is 4.99 Å². The van der Waals surface area contributed by atoms with E-state index in [2.05, 4.69) is 56.0 Å². The van der Waals surface area contributed by atoms with Gasteiger partial charge in [-0.15, -0.1) is 0 Å². The van der Waals surface area contributed by atoms with Crippen molar-refractivity contribution in [2.24, 2.45) is 16.3 Å². The predicted octanol–water partition coefficient (Wildman–Crippen LogP) is 5.92. The van der Waals surface area contributed by atoms with Crippen LogP contribution < -0.4 is 0 Å². The van der Waals surface area contributed by atoms with Gasteiger partial charge in [0.05, 0.1) is 11.7 Å². The molecule has 0 unspecified atom stereocenters. The van der Waals surface area contributed by atoms with E-state index >= 15 is 0 Å². The first-order chi connectivity index (χ1) is 10.9. The van der Waals surface area contributed by atoms with E-state index in [4.69, 9.17) is 12.2 Å². The van der Waals surface area contributed by atoms with Gasteiger partial charge in [0, 0.05) is 0 Å². The number of aryl methyl sites for hydroxylation is 1. The van der Waals surface area contributed by atoms with Crippen LogP contribution >= 0.6 is 12.2 Å². The van der Waals surface area contributed by atoms with E-state index in [0.29, 0.717) is 17.3 Å². The van der Waals surface area contributed by atoms with Gasteiger partial charge in [0.2, 0.25) is 0 Å². The lowest BCUT2D eigenvalue weighted by molar-refractivity contribution is 0.0332. The Bertz CT molecular complexity index is 643. The van der Waals surface area contributed by atoms with Crippen molar-refractivity contribution in [1.82, 2.24) is 0 Å². The van der Waals surface area contributed by atoms with Crippen LogP contribution in [0.2, 0.25) is 0 Å². The number of hydrogen-bond donors (Lipinski definition) is 0. The maximum atomic E-state index is 4.83. The molecule has 0 bridgehead atoms. The maximum Gasteiger partial charge on any atom is 0.0585 e. The highest BCUT2D eigenvalue weighted by atomic mass is 32.1. The number of isothiocyanates is 1. The summed E-state index contributed by atoms with van der Waals surface area (Å²) in [5.41, 5.74) is 5.25. The van der Waals surface area contributed by atoms with Crippen LogP contribution in [0.25, 0.3) is 0 Å². The van der Waals surface area contributed by atoms with E-state index in [9.17, 15) is 0 Å². The molecule has 1 aromatic rings. The maximum absolute atomic E-state index is 4.83. The van der Waals surface area contributed by atoms with Crippen molar-refractivity contribution < 1.29 is 0 Å². The number of benzene rings is 1. The first kappa shape index (κ1) is 16.9. The normalized spacial score (nSPS) is 32.8. The Balaban J connectivity index is 2.02. The fraction of sp³-hybridized carbons (Fsp3) is 0.667. The van der Waals surface area contributed by atoms with Gasteiger partial charge < -0.3 is 0 Å². The SMILES string of the molecule is CC(C)c1ccc2c(c1)CC[C@H]1[C@@](C)(CN=C=S)CCC[C@]21C. The molecule has 2 aliphatic rings. The molecule has 0 radical (unpaired) electrons. The molecule has 3 atom stereocenters. The van der Waals surface area contributed by atoms with Crippen LogP contribution in [0.5, 0.6) is 0 Å². The van der Waals surface area contributed by atoms with Gasteiger partial charge in [-0.1, -0.05) is 52.3 Å². The molecule has 0 aromatic heterocycles. The Morgan fingerprint density at radius 1 is 1.30 bits per heavy atom. The predicted molar refractivity (Wildman–Crippen MR) is 102 cm³/mol. The van der Waals surface area contributed by atoms with Crippen LogP contribution in [0.15, 0.2) is 23.2 Å². The summed E-state index contributed by atoms with van der Waals surface area (Å²) >= 11 is 4.83. The molecule has 23 heavy (non-hydrogen) atoms. The monoisotopic (exact) mass is 327 g/mol. The summed E-state index contributed by atoms with van der Waals surface area (Å²) in [6.45, 7) is 10.4. The first-order valence-electron chi connectivity index (χ1n) is 9.08. The molecular formula is C21H29NS. The Morgan fingerprint density at radius 3 is 2.78 bits per heavy atom. The van der Waals surface area contributed by atoms with Gasteiger partial charge in [-0.3, -0.25) is 0 Å². The second-order valence-corrected chi connectivity index (χ2v) is 8.68. The first-order valence-corrected chi connectivity index (χ1v) is 9.48. The van der Waals surface area contributed by atoms with Crippen molar-refractivity contribution in [1.29, 1.82) is 0 Å². The zero-order valence-corrected chi connectivity index (χ0v) is 15.8. The molecule has 2 heteroatoms. The van der Waals surface area contributed by atoms with E-state index in [-0.39, 0.29) is 5.41 Å². The van der Waals surface area contributed by atoms with Gasteiger partial charge in [-0.2, -0.15) is 0 Å². The van der Waals surface area contributed by atoms with Gasteiger partial charge in [0.25, 0.3) is 0 Å². The average molecular weight is 328 g/mol. The van der Waals surface area contributed by atoms with Crippen LogP contribution in [0.4, 0.5) is 0 Å². The lowest BCUT2D eigenvalue weighted by Crippen LogP contribution is -2.50. The molecule has 1 saturated carbocycles. The third kappa shape index (κ3) is 2.81. The molecule has 1 fully saturated rings. The number of nitrogens with zero attached hydrogens (tertiary/aromatic N) is 1. The smallest absolute Gasteiger partial charge is 0.0585 e. The standard InChI is InChI=1S/C21H29NS/c1-15(2)16-6-8-18-17(12-16)7-9-19-20(3,13-22-14-23)10-5-11-21(18,19)4/h6,8,12,15,19H,5,7,9-11,13H2,1-4H3/t19-,20+,21+/m0/s1. The number of rotatable bonds is 3. The lowest BCUT2D eigenvalue weighted by atomic mass is 9.50. The highest BCUT2D eigenvalue weighted by molar-refractivity contribution is 7.78. The summed E-state index contributed by atoms with van der Waals surface area (Å²) in [4.78, 5) is 4.35. The topological polar surface area (TPSA) is 12.4 Å². The molecule has 1 nitrogen and oxygen atoms in total. The van der Waals surface area contributed by atoms with Gasteiger partial charge in [0.1, 0.15) is 0 Å². The highest BCUT2D eigenvalue weighted by Crippen LogP contribution is 2.57. The minimum Gasteiger partial charge on any atom is -0.232 e. The van der Waals surface area contributed by atoms with Crippen molar-refractivity contribution in [2.45, 2.75) is 71.1 Å². The molecular weight excluding hydrogens is 298 g/mol. The molecule has 124 valence electrons. The van der Waals surface area contributed by atoms with Crippen molar-refractivity contribution >= 4 is 17.4 Å². The van der Waals surface area contributed by atoms with Crippen LogP contribution in [-0.4, -0.2) is 11.7 Å². The number of hydrogen-bond acceptors (Lipinski definition) is 2. The number of thiocarbonyl (C=S) groups is 1. The average Bonchev–Trinajstić information content (AvgIpc) is 2.52. The quantitative estimate of drug-likeness (QED) is 0.495. The molecule has 0 heterocycles. The molecule has 0 aliphatic heterocycles. The summed E-state index contributed by atoms with van der Waals surface area (Å²) in [5, 5.41) is 2.60. The van der Waals surface area contributed by atoms with Gasteiger partial charge in [-0.05, 0) is 77.3 Å². The zero-order chi connectivity index (χ0) is 16.7. The molecule has 0 N–H and O–H groups in total. The van der Waals surface area contributed by atoms with E-state index in [1.165, 1.54) is 37.7 Å². The fourth-order valence-corrected chi connectivity index (χ4v) is 5.47. The van der Waals surface area contributed by atoms with E-state index in [1.807, 2.05) is 0 Å². The molecule has 2 aliphatic carbocycles. The number of aliphatic imine (C=N–C) groups is 1. The second kappa shape index (κ2) is 6.15. The minimum absolute atomic E-state index is 0.271. The molecule has 0 saturated heterocycles. The van der Waals surface area contributed by atoms with Gasteiger partial charge in [0.15, 0.2) is 0 Å². The van der Waals surface area contributed by atoms with E-state index < -0.39 is 0 Å². The van der Waals surface area contributed by atoms with Crippen LogP contribution in [0, 0.1) is 11.3 Å². The third-order valence-corrected chi connectivity index (χ3v) is 6.80. The van der Waals surface area contributed by atoms with E-state index in [0.717, 1.165) is 6.54 Å². The van der Waals surface area contributed by atoms with Crippen LogP contribution in [0.1, 0.15) is 76.0 Å². The van der Waals surface area contributed by atoms with Crippen molar-refractivity contribution in [3.8, 4) is 0 Å². The van der Waals surface area contributed by atoms with Crippen molar-refractivity contribution in [2.75, 3.05) is 6.54 Å². The van der Waals surface area contributed by atoms with Crippen molar-refractivity contribution in [3.63, 3.8) is 0 Å². The Labute approximate surface area is 146 Å².